The van der Waals surface area contributed by atoms with E-state index in [9.17, 15) is 0 Å². The number of hydrogen-bond acceptors (Lipinski definition) is 3. The van der Waals surface area contributed by atoms with Gasteiger partial charge in [-0.25, -0.2) is 4.98 Å². The molecule has 0 aliphatic heterocycles. The minimum atomic E-state index is -1.83. The Hall–Kier alpha value is -0.873. The highest BCUT2D eigenvalue weighted by molar-refractivity contribution is 6.77. The molecule has 1 aromatic rings. The van der Waals surface area contributed by atoms with Crippen LogP contribution >= 0.6 is 0 Å². The summed E-state index contributed by atoms with van der Waals surface area (Å²) in [7, 11) is -1.83. The van der Waals surface area contributed by atoms with Crippen LogP contribution in [0.5, 0.6) is 0 Å². The normalized spacial score (nSPS) is 14.2. The lowest BCUT2D eigenvalue weighted by Gasteiger charge is -2.42. The lowest BCUT2D eigenvalue weighted by molar-refractivity contribution is 0.308. The van der Waals surface area contributed by atoms with Gasteiger partial charge < -0.3 is 8.84 Å². The summed E-state index contributed by atoms with van der Waals surface area (Å²) in [6.07, 6.45) is 2.12. The molecule has 0 amide bonds. The number of hydrogen-bond donors (Lipinski definition) is 0. The maximum absolute atomic E-state index is 6.67. The predicted molar refractivity (Wildman–Crippen MR) is 111 cm³/mol. The maximum Gasteiger partial charge on any atom is 0.200 e. The van der Waals surface area contributed by atoms with Gasteiger partial charge >= 0.3 is 0 Å². The summed E-state index contributed by atoms with van der Waals surface area (Å²) in [4.78, 5) is 4.68. The second-order valence-corrected chi connectivity index (χ2v) is 14.8. The lowest BCUT2D eigenvalue weighted by atomic mass is 9.97. The molecule has 0 spiro atoms. The average molecular weight is 366 g/mol. The molecule has 4 heteroatoms. The first-order valence-corrected chi connectivity index (χ1v) is 11.7. The highest BCUT2D eigenvalue weighted by Gasteiger charge is 2.44. The summed E-state index contributed by atoms with van der Waals surface area (Å²) in [6, 6.07) is 0. The van der Waals surface area contributed by atoms with E-state index in [1.54, 1.807) is 0 Å². The molecule has 0 aromatic carbocycles. The second kappa shape index (κ2) is 8.21. The van der Waals surface area contributed by atoms with Crippen molar-refractivity contribution >= 4 is 14.4 Å². The topological polar surface area (TPSA) is 35.3 Å². The van der Waals surface area contributed by atoms with E-state index in [0.717, 1.165) is 17.3 Å². The molecule has 0 aliphatic rings. The third-order valence-corrected chi connectivity index (χ3v) is 11.2. The van der Waals surface area contributed by atoms with Crippen molar-refractivity contribution < 1.29 is 8.84 Å². The monoisotopic (exact) mass is 365 g/mol. The van der Waals surface area contributed by atoms with Crippen molar-refractivity contribution in [2.45, 2.75) is 98.2 Å². The molecule has 0 fully saturated rings. The number of aromatic nitrogens is 1. The average Bonchev–Trinajstić information content (AvgIpc) is 2.79. The van der Waals surface area contributed by atoms with Gasteiger partial charge in [0.15, 0.2) is 5.89 Å². The van der Waals surface area contributed by atoms with Gasteiger partial charge in [-0.2, -0.15) is 0 Å². The minimum Gasteiger partial charge on any atom is -0.445 e. The van der Waals surface area contributed by atoms with Crippen molar-refractivity contribution in [1.82, 2.24) is 4.98 Å². The first-order chi connectivity index (χ1) is 11.3. The van der Waals surface area contributed by atoms with Crippen LogP contribution in [-0.2, 0) is 9.84 Å². The van der Waals surface area contributed by atoms with Crippen molar-refractivity contribution in [3.8, 4) is 0 Å². The van der Waals surface area contributed by atoms with E-state index in [1.807, 2.05) is 6.92 Å². The Kier molecular flexibility index (Phi) is 7.28. The van der Waals surface area contributed by atoms with Gasteiger partial charge in [0.1, 0.15) is 11.5 Å². The van der Waals surface area contributed by atoms with E-state index in [4.69, 9.17) is 8.84 Å². The van der Waals surface area contributed by atoms with Gasteiger partial charge in [0.25, 0.3) is 0 Å². The fourth-order valence-electron chi connectivity index (χ4n) is 3.88. The van der Waals surface area contributed by atoms with Gasteiger partial charge in [-0.05, 0) is 42.1 Å². The SMILES string of the molecule is C/C(=C\c1nc(C(C)(C)C)oc1C)CO[Si](C(C)C)(C(C)C)C(C)C. The lowest BCUT2D eigenvalue weighted by Crippen LogP contribution is -2.48. The number of oxazole rings is 1. The first-order valence-electron chi connectivity index (χ1n) is 9.61. The Balaban J connectivity index is 3.00. The fraction of sp³-hybridized carbons (Fsp3) is 0.762. The summed E-state index contributed by atoms with van der Waals surface area (Å²) in [5.74, 6) is 1.67. The zero-order valence-corrected chi connectivity index (χ0v) is 19.3. The molecule has 0 aliphatic carbocycles. The number of aryl methyl sites for hydroxylation is 1. The molecule has 3 nitrogen and oxygen atoms in total. The van der Waals surface area contributed by atoms with Crippen LogP contribution in [-0.4, -0.2) is 19.9 Å². The summed E-state index contributed by atoms with van der Waals surface area (Å²) in [6.45, 7) is 25.1. The Labute approximate surface area is 156 Å². The second-order valence-electron chi connectivity index (χ2n) is 9.31. The van der Waals surface area contributed by atoms with Crippen LogP contribution in [0.4, 0.5) is 0 Å². The summed E-state index contributed by atoms with van der Waals surface area (Å²) >= 11 is 0. The Morgan fingerprint density at radius 3 is 1.92 bits per heavy atom. The van der Waals surface area contributed by atoms with Gasteiger partial charge in [0, 0.05) is 5.41 Å². The van der Waals surface area contributed by atoms with Crippen LogP contribution in [0, 0.1) is 6.92 Å². The van der Waals surface area contributed by atoms with Crippen molar-refractivity contribution in [2.75, 3.05) is 6.61 Å². The highest BCUT2D eigenvalue weighted by Crippen LogP contribution is 2.42. The van der Waals surface area contributed by atoms with Crippen LogP contribution in [0.15, 0.2) is 9.99 Å². The molecule has 25 heavy (non-hydrogen) atoms. The van der Waals surface area contributed by atoms with E-state index in [1.165, 1.54) is 5.57 Å². The molecular weight excluding hydrogens is 326 g/mol. The van der Waals surface area contributed by atoms with Crippen LogP contribution in [0.3, 0.4) is 0 Å². The van der Waals surface area contributed by atoms with Gasteiger partial charge in [0.05, 0.1) is 6.61 Å². The van der Waals surface area contributed by atoms with E-state index in [2.05, 4.69) is 80.3 Å². The molecular formula is C21H39NO2Si. The smallest absolute Gasteiger partial charge is 0.200 e. The molecule has 1 aromatic heterocycles. The van der Waals surface area contributed by atoms with Crippen LogP contribution in [0.2, 0.25) is 16.6 Å². The van der Waals surface area contributed by atoms with Crippen LogP contribution < -0.4 is 0 Å². The van der Waals surface area contributed by atoms with E-state index in [-0.39, 0.29) is 5.41 Å². The highest BCUT2D eigenvalue weighted by atomic mass is 28.4. The number of rotatable bonds is 7. The predicted octanol–water partition coefficient (Wildman–Crippen LogP) is 6.88. The fourth-order valence-corrected chi connectivity index (χ4v) is 9.35. The molecule has 0 radical (unpaired) electrons. The molecule has 0 atom stereocenters. The van der Waals surface area contributed by atoms with Crippen LogP contribution in [0.25, 0.3) is 6.08 Å². The molecule has 144 valence electrons. The summed E-state index contributed by atoms with van der Waals surface area (Å²) in [5.41, 5.74) is 3.85. The largest absolute Gasteiger partial charge is 0.445 e. The molecule has 0 N–H and O–H groups in total. The van der Waals surface area contributed by atoms with E-state index < -0.39 is 8.32 Å². The minimum absolute atomic E-state index is 0.0732. The summed E-state index contributed by atoms with van der Waals surface area (Å²) < 4.78 is 12.5. The van der Waals surface area contributed by atoms with Crippen molar-refractivity contribution in [2.24, 2.45) is 0 Å². The Morgan fingerprint density at radius 1 is 1.08 bits per heavy atom. The van der Waals surface area contributed by atoms with Gasteiger partial charge in [-0.1, -0.05) is 62.3 Å². The molecule has 0 saturated heterocycles. The van der Waals surface area contributed by atoms with E-state index >= 15 is 0 Å². The van der Waals surface area contributed by atoms with E-state index in [0.29, 0.717) is 23.2 Å². The molecule has 1 heterocycles. The molecule has 0 unspecified atom stereocenters. The van der Waals surface area contributed by atoms with Crippen molar-refractivity contribution in [3.63, 3.8) is 0 Å². The van der Waals surface area contributed by atoms with Crippen LogP contribution in [0.1, 0.15) is 86.6 Å². The third-order valence-electron chi connectivity index (χ3n) is 5.11. The zero-order chi connectivity index (χ0) is 19.6. The quantitative estimate of drug-likeness (QED) is 0.494. The Morgan fingerprint density at radius 2 is 1.56 bits per heavy atom. The zero-order valence-electron chi connectivity index (χ0n) is 18.3. The molecule has 1 rings (SSSR count). The maximum atomic E-state index is 6.67. The Bertz CT molecular complexity index is 570. The van der Waals surface area contributed by atoms with Gasteiger partial charge in [0.2, 0.25) is 8.32 Å². The standard InChI is InChI=1S/C21H39NO2Si/c1-14(2)25(15(3)4,16(5)6)23-13-17(7)12-19-18(8)24-20(22-19)21(9,10)11/h12,14-16H,13H2,1-11H3/b17-12+. The first kappa shape index (κ1) is 22.2. The van der Waals surface area contributed by atoms with Crippen molar-refractivity contribution in [1.29, 1.82) is 0 Å². The molecule has 0 saturated carbocycles. The van der Waals surface area contributed by atoms with Gasteiger partial charge in [-0.15, -0.1) is 0 Å². The third kappa shape index (κ3) is 5.07. The summed E-state index contributed by atoms with van der Waals surface area (Å²) in [5, 5.41) is 0. The number of nitrogens with zero attached hydrogens (tertiary/aromatic N) is 1. The molecule has 0 bridgehead atoms. The van der Waals surface area contributed by atoms with Crippen molar-refractivity contribution in [3.05, 3.63) is 22.9 Å². The van der Waals surface area contributed by atoms with Gasteiger partial charge in [-0.3, -0.25) is 0 Å².